The Bertz CT molecular complexity index is 368. The van der Waals surface area contributed by atoms with Crippen molar-refractivity contribution in [3.63, 3.8) is 0 Å². The number of methoxy groups -OCH3 is 1. The molecule has 0 bridgehead atoms. The van der Waals surface area contributed by atoms with Crippen LogP contribution in [0.15, 0.2) is 12.1 Å². The highest BCUT2D eigenvalue weighted by atomic mass is 127. The Morgan fingerprint density at radius 3 is 2.79 bits per heavy atom. The SMILES string of the molecule is COc1cc(I)c(F)c(C(=O)CBr)c1. The second-order valence-electron chi connectivity index (χ2n) is 2.53. The van der Waals surface area contributed by atoms with E-state index in [1.807, 2.05) is 22.6 Å². The quantitative estimate of drug-likeness (QED) is 0.463. The number of Topliss-reactive ketones (excluding diaryl/α,β-unsaturated/α-hetero) is 1. The van der Waals surface area contributed by atoms with E-state index in [-0.39, 0.29) is 16.7 Å². The van der Waals surface area contributed by atoms with E-state index in [0.717, 1.165) is 0 Å². The van der Waals surface area contributed by atoms with E-state index in [1.165, 1.54) is 13.2 Å². The van der Waals surface area contributed by atoms with Gasteiger partial charge < -0.3 is 4.74 Å². The van der Waals surface area contributed by atoms with Gasteiger partial charge in [-0.3, -0.25) is 4.79 Å². The first kappa shape index (κ1) is 11.9. The lowest BCUT2D eigenvalue weighted by molar-refractivity contribution is 0.101. The first-order valence-electron chi connectivity index (χ1n) is 3.72. The molecule has 0 aliphatic rings. The third-order valence-corrected chi connectivity index (χ3v) is 2.95. The van der Waals surface area contributed by atoms with E-state index in [0.29, 0.717) is 9.32 Å². The van der Waals surface area contributed by atoms with Gasteiger partial charge in [0.05, 0.1) is 21.6 Å². The number of halogens is 3. The smallest absolute Gasteiger partial charge is 0.176 e. The van der Waals surface area contributed by atoms with Crippen molar-refractivity contribution >= 4 is 44.3 Å². The van der Waals surface area contributed by atoms with Gasteiger partial charge >= 0.3 is 0 Å². The summed E-state index contributed by atoms with van der Waals surface area (Å²) in [5.74, 6) is -0.296. The molecule has 0 aromatic heterocycles. The molecule has 2 nitrogen and oxygen atoms in total. The molecule has 0 radical (unpaired) electrons. The number of alkyl halides is 1. The number of carbonyl (C=O) groups excluding carboxylic acids is 1. The molecule has 5 heteroatoms. The number of ether oxygens (including phenoxy) is 1. The summed E-state index contributed by atoms with van der Waals surface area (Å²) in [5, 5.41) is 0.104. The van der Waals surface area contributed by atoms with Crippen LogP contribution in [0.2, 0.25) is 0 Å². The lowest BCUT2D eigenvalue weighted by Crippen LogP contribution is -2.05. The van der Waals surface area contributed by atoms with Crippen molar-refractivity contribution < 1.29 is 13.9 Å². The largest absolute Gasteiger partial charge is 0.497 e. The first-order valence-corrected chi connectivity index (χ1v) is 5.92. The fraction of sp³-hybridized carbons (Fsp3) is 0.222. The van der Waals surface area contributed by atoms with E-state index >= 15 is 0 Å². The van der Waals surface area contributed by atoms with Crippen LogP contribution in [0.1, 0.15) is 10.4 Å². The highest BCUT2D eigenvalue weighted by Gasteiger charge is 2.15. The molecule has 0 unspecified atom stereocenters. The summed E-state index contributed by atoms with van der Waals surface area (Å²) in [6.07, 6.45) is 0. The van der Waals surface area contributed by atoms with Crippen molar-refractivity contribution in [3.8, 4) is 5.75 Å². The highest BCUT2D eigenvalue weighted by molar-refractivity contribution is 14.1. The molecular weight excluding hydrogens is 366 g/mol. The minimum absolute atomic E-state index is 0.0608. The van der Waals surface area contributed by atoms with Crippen molar-refractivity contribution in [1.82, 2.24) is 0 Å². The van der Waals surface area contributed by atoms with Crippen LogP contribution in [0.25, 0.3) is 0 Å². The average molecular weight is 373 g/mol. The standard InChI is InChI=1S/C9H7BrFIO2/c1-14-5-2-6(8(13)4-10)9(11)7(12)3-5/h2-3H,4H2,1H3. The average Bonchev–Trinajstić information content (AvgIpc) is 2.20. The van der Waals surface area contributed by atoms with Crippen LogP contribution >= 0.6 is 38.5 Å². The van der Waals surface area contributed by atoms with E-state index < -0.39 is 5.82 Å². The van der Waals surface area contributed by atoms with Crippen LogP contribution in [-0.4, -0.2) is 18.2 Å². The molecule has 1 aromatic rings. The first-order chi connectivity index (χ1) is 6.60. The second-order valence-corrected chi connectivity index (χ2v) is 4.25. The molecular formula is C9H7BrFIO2. The summed E-state index contributed by atoms with van der Waals surface area (Å²) in [4.78, 5) is 11.3. The molecule has 14 heavy (non-hydrogen) atoms. The highest BCUT2D eigenvalue weighted by Crippen LogP contribution is 2.23. The number of benzene rings is 1. The zero-order valence-corrected chi connectivity index (χ0v) is 11.1. The van der Waals surface area contributed by atoms with Crippen molar-refractivity contribution in [2.75, 3.05) is 12.4 Å². The van der Waals surface area contributed by atoms with Crippen molar-refractivity contribution in [1.29, 1.82) is 0 Å². The van der Waals surface area contributed by atoms with Gasteiger partial charge in [-0.25, -0.2) is 4.39 Å². The molecule has 0 spiro atoms. The van der Waals surface area contributed by atoms with Gasteiger partial charge in [-0.2, -0.15) is 0 Å². The van der Waals surface area contributed by atoms with Gasteiger partial charge in [0.1, 0.15) is 11.6 Å². The summed E-state index contributed by atoms with van der Waals surface area (Å²) in [5.41, 5.74) is 0.0608. The Kier molecular flexibility index (Phi) is 4.31. The Labute approximate surface area is 103 Å². The lowest BCUT2D eigenvalue weighted by atomic mass is 10.1. The molecule has 0 aliphatic carbocycles. The van der Waals surface area contributed by atoms with Gasteiger partial charge in [0.2, 0.25) is 0 Å². The topological polar surface area (TPSA) is 26.3 Å². The summed E-state index contributed by atoms with van der Waals surface area (Å²) >= 11 is 4.82. The minimum Gasteiger partial charge on any atom is -0.497 e. The van der Waals surface area contributed by atoms with E-state index in [4.69, 9.17) is 4.74 Å². The molecule has 0 atom stereocenters. The molecule has 0 saturated carbocycles. The molecule has 0 heterocycles. The third-order valence-electron chi connectivity index (χ3n) is 1.66. The second kappa shape index (κ2) is 5.06. The van der Waals surface area contributed by atoms with Crippen LogP contribution in [0.4, 0.5) is 4.39 Å². The maximum Gasteiger partial charge on any atom is 0.176 e. The number of ketones is 1. The van der Waals surface area contributed by atoms with E-state index in [1.54, 1.807) is 6.07 Å². The normalized spacial score (nSPS) is 10.0. The minimum atomic E-state index is -0.490. The monoisotopic (exact) mass is 372 g/mol. The molecule has 76 valence electrons. The fourth-order valence-corrected chi connectivity index (χ4v) is 1.86. The van der Waals surface area contributed by atoms with Gasteiger partial charge in [-0.1, -0.05) is 15.9 Å². The maximum absolute atomic E-state index is 13.5. The molecule has 1 aromatic carbocycles. The predicted octanol–water partition coefficient (Wildman–Crippen LogP) is 3.02. The lowest BCUT2D eigenvalue weighted by Gasteiger charge is -2.05. The van der Waals surface area contributed by atoms with Crippen molar-refractivity contribution in [3.05, 3.63) is 27.1 Å². The van der Waals surface area contributed by atoms with Crippen LogP contribution < -0.4 is 4.74 Å². The summed E-state index contributed by atoms with van der Waals surface area (Å²) in [7, 11) is 1.48. The van der Waals surface area contributed by atoms with Gasteiger partial charge in [0.15, 0.2) is 5.78 Å². The maximum atomic E-state index is 13.5. The molecule has 0 fully saturated rings. The predicted molar refractivity (Wildman–Crippen MR) is 63.8 cm³/mol. The van der Waals surface area contributed by atoms with Gasteiger partial charge in [0.25, 0.3) is 0 Å². The molecule has 0 saturated heterocycles. The van der Waals surface area contributed by atoms with Crippen LogP contribution in [-0.2, 0) is 0 Å². The van der Waals surface area contributed by atoms with Gasteiger partial charge in [-0.05, 0) is 34.7 Å². The van der Waals surface area contributed by atoms with Crippen molar-refractivity contribution in [2.45, 2.75) is 0 Å². The zero-order chi connectivity index (χ0) is 10.7. The molecule has 0 aliphatic heterocycles. The van der Waals surface area contributed by atoms with E-state index in [2.05, 4.69) is 15.9 Å². The molecule has 1 rings (SSSR count). The number of hydrogen-bond donors (Lipinski definition) is 0. The zero-order valence-electron chi connectivity index (χ0n) is 7.31. The van der Waals surface area contributed by atoms with Crippen molar-refractivity contribution in [2.24, 2.45) is 0 Å². The Balaban J connectivity index is 3.27. The third kappa shape index (κ3) is 2.44. The Morgan fingerprint density at radius 2 is 2.29 bits per heavy atom. The number of rotatable bonds is 3. The number of hydrogen-bond acceptors (Lipinski definition) is 2. The van der Waals surface area contributed by atoms with Gasteiger partial charge in [-0.15, -0.1) is 0 Å². The Hall–Kier alpha value is -0.170. The van der Waals surface area contributed by atoms with E-state index in [9.17, 15) is 9.18 Å². The molecule has 0 N–H and O–H groups in total. The summed E-state index contributed by atoms with van der Waals surface area (Å²) < 4.78 is 18.8. The molecule has 0 amide bonds. The van der Waals surface area contributed by atoms with Crippen LogP contribution in [0.5, 0.6) is 5.75 Å². The van der Waals surface area contributed by atoms with Crippen LogP contribution in [0, 0.1) is 9.39 Å². The Morgan fingerprint density at radius 1 is 1.64 bits per heavy atom. The number of carbonyl (C=O) groups is 1. The van der Waals surface area contributed by atoms with Gasteiger partial charge in [0, 0.05) is 0 Å². The fourth-order valence-electron chi connectivity index (χ4n) is 0.957. The summed E-state index contributed by atoms with van der Waals surface area (Å²) in [6.45, 7) is 0. The summed E-state index contributed by atoms with van der Waals surface area (Å²) in [6, 6.07) is 2.95. The van der Waals surface area contributed by atoms with Crippen LogP contribution in [0.3, 0.4) is 0 Å².